The highest BCUT2D eigenvalue weighted by molar-refractivity contribution is 8.27. The summed E-state index contributed by atoms with van der Waals surface area (Å²) in [6.45, 7) is -0.000134. The summed E-state index contributed by atoms with van der Waals surface area (Å²) >= 11 is 6.63. The van der Waals surface area contributed by atoms with Crippen LogP contribution in [0.25, 0.3) is 6.08 Å². The van der Waals surface area contributed by atoms with Crippen molar-refractivity contribution in [3.63, 3.8) is 0 Å². The van der Waals surface area contributed by atoms with E-state index in [0.29, 0.717) is 26.4 Å². The zero-order valence-corrected chi connectivity index (χ0v) is 15.5. The zero-order chi connectivity index (χ0) is 18.5. The maximum atomic E-state index is 12.7. The highest BCUT2D eigenvalue weighted by atomic mass is 32.2. The normalized spacial score (nSPS) is 15.2. The number of hydrogen-bond donors (Lipinski definition) is 0. The molecule has 0 radical (unpaired) electrons. The molecule has 1 aliphatic heterocycles. The van der Waals surface area contributed by atoms with E-state index in [-0.39, 0.29) is 12.5 Å². The summed E-state index contributed by atoms with van der Waals surface area (Å²) < 4.78 is 10.8. The number of rotatable bonds is 5. The third-order valence-electron chi connectivity index (χ3n) is 3.61. The molecule has 7 heteroatoms. The number of benzene rings is 2. The van der Waals surface area contributed by atoms with Gasteiger partial charge in [0.25, 0.3) is 5.91 Å². The standard InChI is InChI=1S/C19H14N2O3S2/c1-23-15-8-4-14(5-9-15)21-18(22)17(26-19(21)25)12-13-2-6-16(7-3-13)24-11-10-20/h2-9,12H,11H2,1H3/b17-12+. The number of ether oxygens (including phenoxy) is 2. The van der Waals surface area contributed by atoms with Crippen LogP contribution in [0.2, 0.25) is 0 Å². The monoisotopic (exact) mass is 382 g/mol. The summed E-state index contributed by atoms with van der Waals surface area (Å²) in [5.74, 6) is 1.16. The second-order valence-electron chi connectivity index (χ2n) is 5.23. The van der Waals surface area contributed by atoms with Crippen LogP contribution in [-0.2, 0) is 4.79 Å². The van der Waals surface area contributed by atoms with Crippen molar-refractivity contribution in [2.45, 2.75) is 0 Å². The first-order chi connectivity index (χ1) is 12.6. The average Bonchev–Trinajstić information content (AvgIpc) is 2.94. The molecule has 0 atom stereocenters. The van der Waals surface area contributed by atoms with Gasteiger partial charge in [0.2, 0.25) is 0 Å². The Morgan fingerprint density at radius 1 is 1.15 bits per heavy atom. The lowest BCUT2D eigenvalue weighted by Gasteiger charge is -2.14. The molecule has 0 spiro atoms. The van der Waals surface area contributed by atoms with E-state index in [9.17, 15) is 4.79 Å². The van der Waals surface area contributed by atoms with Crippen molar-refractivity contribution >= 4 is 46.0 Å². The largest absolute Gasteiger partial charge is 0.497 e. The number of thioether (sulfide) groups is 1. The molecule has 0 bridgehead atoms. The smallest absolute Gasteiger partial charge is 0.270 e. The Hall–Kier alpha value is -2.82. The second-order valence-corrected chi connectivity index (χ2v) is 6.91. The highest BCUT2D eigenvalue weighted by Gasteiger charge is 2.33. The summed E-state index contributed by atoms with van der Waals surface area (Å²) in [6, 6.07) is 16.3. The van der Waals surface area contributed by atoms with E-state index in [4.69, 9.17) is 27.0 Å². The first-order valence-corrected chi connectivity index (χ1v) is 8.86. The van der Waals surface area contributed by atoms with Crippen LogP contribution in [0.4, 0.5) is 5.69 Å². The Morgan fingerprint density at radius 2 is 1.81 bits per heavy atom. The summed E-state index contributed by atoms with van der Waals surface area (Å²) in [7, 11) is 1.59. The van der Waals surface area contributed by atoms with Crippen LogP contribution in [0.5, 0.6) is 11.5 Å². The van der Waals surface area contributed by atoms with Gasteiger partial charge in [-0.05, 0) is 48.0 Å². The van der Waals surface area contributed by atoms with Crippen molar-refractivity contribution < 1.29 is 14.3 Å². The van der Waals surface area contributed by atoms with Crippen molar-refractivity contribution in [2.24, 2.45) is 0 Å². The number of nitriles is 1. The molecule has 3 rings (SSSR count). The Kier molecular flexibility index (Phi) is 5.56. The van der Waals surface area contributed by atoms with Gasteiger partial charge in [-0.25, -0.2) is 0 Å². The van der Waals surface area contributed by atoms with Gasteiger partial charge in [0, 0.05) is 0 Å². The Morgan fingerprint density at radius 3 is 2.42 bits per heavy atom. The van der Waals surface area contributed by atoms with Crippen LogP contribution < -0.4 is 14.4 Å². The van der Waals surface area contributed by atoms with E-state index in [0.717, 1.165) is 5.56 Å². The summed E-state index contributed by atoms with van der Waals surface area (Å²) in [6.07, 6.45) is 1.79. The lowest BCUT2D eigenvalue weighted by Crippen LogP contribution is -2.27. The molecule has 1 heterocycles. The van der Waals surface area contributed by atoms with Gasteiger partial charge in [0.1, 0.15) is 17.6 Å². The van der Waals surface area contributed by atoms with Crippen molar-refractivity contribution in [1.82, 2.24) is 0 Å². The van der Waals surface area contributed by atoms with Gasteiger partial charge in [0.05, 0.1) is 17.7 Å². The fourth-order valence-corrected chi connectivity index (χ4v) is 3.65. The fraction of sp³-hybridized carbons (Fsp3) is 0.105. The lowest BCUT2D eigenvalue weighted by molar-refractivity contribution is -0.113. The molecule has 0 saturated carbocycles. The van der Waals surface area contributed by atoms with Crippen LogP contribution in [0, 0.1) is 11.3 Å². The second kappa shape index (κ2) is 8.04. The minimum Gasteiger partial charge on any atom is -0.497 e. The molecule has 26 heavy (non-hydrogen) atoms. The number of amides is 1. The van der Waals surface area contributed by atoms with Crippen LogP contribution in [0.1, 0.15) is 5.56 Å². The van der Waals surface area contributed by atoms with Gasteiger partial charge in [-0.2, -0.15) is 5.26 Å². The van der Waals surface area contributed by atoms with E-state index in [1.807, 2.05) is 18.2 Å². The first kappa shape index (κ1) is 18.0. The summed E-state index contributed by atoms with van der Waals surface area (Å²) in [5, 5.41) is 8.53. The Balaban J connectivity index is 1.79. The van der Waals surface area contributed by atoms with Crippen molar-refractivity contribution in [3.8, 4) is 17.6 Å². The molecule has 2 aromatic carbocycles. The molecule has 2 aromatic rings. The minimum atomic E-state index is -0.157. The van der Waals surface area contributed by atoms with Crippen molar-refractivity contribution in [1.29, 1.82) is 5.26 Å². The van der Waals surface area contributed by atoms with Crippen LogP contribution in [-0.4, -0.2) is 23.9 Å². The van der Waals surface area contributed by atoms with Gasteiger partial charge >= 0.3 is 0 Å². The number of carbonyl (C=O) groups excluding carboxylic acids is 1. The molecule has 0 aliphatic carbocycles. The quantitative estimate of drug-likeness (QED) is 0.575. The van der Waals surface area contributed by atoms with Gasteiger partial charge in [-0.1, -0.05) is 36.1 Å². The van der Waals surface area contributed by atoms with Gasteiger partial charge in [-0.3, -0.25) is 9.69 Å². The highest BCUT2D eigenvalue weighted by Crippen LogP contribution is 2.36. The van der Waals surface area contributed by atoms with Crippen LogP contribution in [0.15, 0.2) is 53.4 Å². The molecule has 5 nitrogen and oxygen atoms in total. The molecule has 0 aromatic heterocycles. The zero-order valence-electron chi connectivity index (χ0n) is 13.8. The van der Waals surface area contributed by atoms with Crippen molar-refractivity contribution in [3.05, 3.63) is 59.0 Å². The number of hydrogen-bond acceptors (Lipinski definition) is 6. The first-order valence-electron chi connectivity index (χ1n) is 7.64. The number of thiocarbonyl (C=S) groups is 1. The van der Waals surface area contributed by atoms with Gasteiger partial charge in [0.15, 0.2) is 10.9 Å². The molecule has 1 aliphatic rings. The maximum absolute atomic E-state index is 12.7. The molecular weight excluding hydrogens is 368 g/mol. The molecule has 0 unspecified atom stereocenters. The van der Waals surface area contributed by atoms with Gasteiger partial charge < -0.3 is 9.47 Å². The Bertz CT molecular complexity index is 900. The number of carbonyl (C=O) groups is 1. The summed E-state index contributed by atoms with van der Waals surface area (Å²) in [5.41, 5.74) is 1.56. The molecule has 1 saturated heterocycles. The van der Waals surface area contributed by atoms with E-state index in [1.165, 1.54) is 16.7 Å². The number of nitrogens with zero attached hydrogens (tertiary/aromatic N) is 2. The Labute approximate surface area is 160 Å². The van der Waals surface area contributed by atoms with Crippen LogP contribution in [0.3, 0.4) is 0 Å². The maximum Gasteiger partial charge on any atom is 0.270 e. The molecule has 130 valence electrons. The van der Waals surface area contributed by atoms with Crippen molar-refractivity contribution in [2.75, 3.05) is 18.6 Å². The van der Waals surface area contributed by atoms with Crippen LogP contribution >= 0.6 is 24.0 Å². The fourth-order valence-electron chi connectivity index (χ4n) is 2.35. The number of methoxy groups -OCH3 is 1. The minimum absolute atomic E-state index is 0.000134. The molecule has 0 N–H and O–H groups in total. The molecule has 1 amide bonds. The SMILES string of the molecule is COc1ccc(N2C(=O)/C(=C\c3ccc(OCC#N)cc3)SC2=S)cc1. The predicted octanol–water partition coefficient (Wildman–Crippen LogP) is 4.00. The topological polar surface area (TPSA) is 62.6 Å². The number of anilines is 1. The molecular formula is C19H14N2O3S2. The predicted molar refractivity (Wildman–Crippen MR) is 106 cm³/mol. The lowest BCUT2D eigenvalue weighted by atomic mass is 10.2. The third kappa shape index (κ3) is 3.87. The van der Waals surface area contributed by atoms with E-state index >= 15 is 0 Å². The average molecular weight is 382 g/mol. The van der Waals surface area contributed by atoms with E-state index in [2.05, 4.69) is 0 Å². The van der Waals surface area contributed by atoms with E-state index in [1.54, 1.807) is 49.6 Å². The van der Waals surface area contributed by atoms with Gasteiger partial charge in [-0.15, -0.1) is 0 Å². The van der Waals surface area contributed by atoms with E-state index < -0.39 is 0 Å². The molecule has 1 fully saturated rings. The third-order valence-corrected chi connectivity index (χ3v) is 4.91. The summed E-state index contributed by atoms with van der Waals surface area (Å²) in [4.78, 5) is 14.8.